The van der Waals surface area contributed by atoms with Gasteiger partial charge in [0.15, 0.2) is 5.89 Å². The summed E-state index contributed by atoms with van der Waals surface area (Å²) in [5, 5.41) is 12.2. The summed E-state index contributed by atoms with van der Waals surface area (Å²) in [5.74, 6) is 0.585. The van der Waals surface area contributed by atoms with E-state index in [0.29, 0.717) is 43.9 Å². The molecule has 1 N–H and O–H groups in total. The normalized spacial score (nSPS) is 15.9. The highest BCUT2D eigenvalue weighted by molar-refractivity contribution is 7.17. The second-order valence-corrected chi connectivity index (χ2v) is 9.63. The van der Waals surface area contributed by atoms with Crippen molar-refractivity contribution in [3.63, 3.8) is 0 Å². The molecule has 0 saturated carbocycles. The van der Waals surface area contributed by atoms with Gasteiger partial charge < -0.3 is 14.4 Å². The Hall–Kier alpha value is -3.03. The number of hydrogen-bond acceptors (Lipinski definition) is 6. The first kappa shape index (κ1) is 20.8. The number of carbonyl (C=O) groups is 1. The van der Waals surface area contributed by atoms with Crippen molar-refractivity contribution in [1.82, 2.24) is 14.9 Å². The van der Waals surface area contributed by atoms with Gasteiger partial charge in [-0.1, -0.05) is 24.3 Å². The number of aromatic nitrogens is 2. The number of piperidine rings is 1. The Morgan fingerprint density at radius 1 is 1.19 bits per heavy atom. The van der Waals surface area contributed by atoms with Crippen LogP contribution in [0.4, 0.5) is 0 Å². The van der Waals surface area contributed by atoms with Crippen molar-refractivity contribution in [2.45, 2.75) is 38.7 Å². The number of rotatable bonds is 4. The summed E-state index contributed by atoms with van der Waals surface area (Å²) in [6.45, 7) is 4.76. The number of aliphatic hydroxyl groups is 1. The van der Waals surface area contributed by atoms with Gasteiger partial charge in [0.2, 0.25) is 0 Å². The molecule has 1 aliphatic heterocycles. The van der Waals surface area contributed by atoms with Crippen LogP contribution < -0.4 is 0 Å². The molecule has 0 spiro atoms. The molecule has 1 amide bonds. The molecular formula is C25H25N3O3S. The van der Waals surface area contributed by atoms with Crippen molar-refractivity contribution >= 4 is 27.5 Å². The fraction of sp³-hybridized carbons (Fsp3) is 0.320. The lowest BCUT2D eigenvalue weighted by Crippen LogP contribution is -2.45. The van der Waals surface area contributed by atoms with Crippen LogP contribution in [-0.4, -0.2) is 44.6 Å². The molecular weight excluding hydrogens is 422 g/mol. The van der Waals surface area contributed by atoms with Gasteiger partial charge in [-0.25, -0.2) is 9.97 Å². The summed E-state index contributed by atoms with van der Waals surface area (Å²) in [6, 6.07) is 12.2. The molecule has 7 heteroatoms. The Kier molecular flexibility index (Phi) is 5.31. The highest BCUT2D eigenvalue weighted by atomic mass is 32.1. The molecule has 1 aliphatic rings. The molecule has 6 nitrogen and oxygen atoms in total. The molecule has 1 aromatic carbocycles. The van der Waals surface area contributed by atoms with Gasteiger partial charge in [0.25, 0.3) is 5.91 Å². The maximum Gasteiger partial charge on any atom is 0.272 e. The number of pyridine rings is 1. The molecule has 0 bridgehead atoms. The zero-order chi connectivity index (χ0) is 22.3. The number of nitrogens with zero attached hydrogens (tertiary/aromatic N) is 3. The summed E-state index contributed by atoms with van der Waals surface area (Å²) in [6.07, 6.45) is 3.56. The third-order valence-corrected chi connectivity index (χ3v) is 7.08. The quantitative estimate of drug-likeness (QED) is 0.484. The van der Waals surface area contributed by atoms with Crippen LogP contribution in [0.2, 0.25) is 0 Å². The van der Waals surface area contributed by atoms with Crippen molar-refractivity contribution < 1.29 is 14.3 Å². The molecule has 0 aliphatic carbocycles. The van der Waals surface area contributed by atoms with Crippen LogP contribution in [0.1, 0.15) is 47.3 Å². The van der Waals surface area contributed by atoms with Gasteiger partial charge in [0.1, 0.15) is 17.7 Å². The Bertz CT molecular complexity index is 1260. The van der Waals surface area contributed by atoms with E-state index in [-0.39, 0.29) is 5.91 Å². The number of amides is 1. The van der Waals surface area contributed by atoms with Crippen molar-refractivity contribution in [1.29, 1.82) is 0 Å². The van der Waals surface area contributed by atoms with E-state index in [1.165, 1.54) is 0 Å². The fourth-order valence-electron chi connectivity index (χ4n) is 4.13. The molecule has 0 unspecified atom stereocenters. The average molecular weight is 448 g/mol. The number of thiophene rings is 1. The molecule has 1 saturated heterocycles. The predicted octanol–water partition coefficient (Wildman–Crippen LogP) is 4.84. The summed E-state index contributed by atoms with van der Waals surface area (Å²) >= 11 is 1.65. The van der Waals surface area contributed by atoms with Gasteiger partial charge in [-0.3, -0.25) is 4.79 Å². The number of likely N-dealkylation sites (tertiary alicyclic amines) is 1. The number of oxazole rings is 1. The lowest BCUT2D eigenvalue weighted by molar-refractivity contribution is -0.00218. The topological polar surface area (TPSA) is 79.5 Å². The molecule has 5 rings (SSSR count). The van der Waals surface area contributed by atoms with Crippen LogP contribution in [0, 0.1) is 6.92 Å². The van der Waals surface area contributed by atoms with Crippen molar-refractivity contribution in [3.8, 4) is 11.3 Å². The molecule has 4 aromatic rings. The van der Waals surface area contributed by atoms with E-state index < -0.39 is 5.60 Å². The standard InChI is InChI=1S/C25H25N3O3S/c1-16-26-22(15-31-16)18-5-3-17(4-6-18)13-19-14-21(27-20-7-12-32-23(19)20)24(29)28-10-8-25(2,30)9-11-28/h3-7,12,14-15,30H,8-11,13H2,1-2H3. The van der Waals surface area contributed by atoms with E-state index in [1.54, 1.807) is 22.5 Å². The van der Waals surface area contributed by atoms with Gasteiger partial charge in [-0.2, -0.15) is 0 Å². The monoisotopic (exact) mass is 447 g/mol. The minimum absolute atomic E-state index is 0.0633. The van der Waals surface area contributed by atoms with Gasteiger partial charge in [0, 0.05) is 25.6 Å². The van der Waals surface area contributed by atoms with Gasteiger partial charge in [-0.15, -0.1) is 11.3 Å². The number of hydrogen-bond donors (Lipinski definition) is 1. The third-order valence-electron chi connectivity index (χ3n) is 6.10. The van der Waals surface area contributed by atoms with Crippen LogP contribution in [0.5, 0.6) is 0 Å². The van der Waals surface area contributed by atoms with Crippen molar-refractivity contribution in [2.75, 3.05) is 13.1 Å². The summed E-state index contributed by atoms with van der Waals surface area (Å²) in [7, 11) is 0. The van der Waals surface area contributed by atoms with E-state index in [0.717, 1.165) is 32.6 Å². The Morgan fingerprint density at radius 2 is 1.94 bits per heavy atom. The van der Waals surface area contributed by atoms with Crippen LogP contribution in [-0.2, 0) is 6.42 Å². The predicted molar refractivity (Wildman–Crippen MR) is 125 cm³/mol. The first-order valence-electron chi connectivity index (χ1n) is 10.8. The van der Waals surface area contributed by atoms with Crippen LogP contribution in [0.15, 0.2) is 52.5 Å². The second-order valence-electron chi connectivity index (χ2n) is 8.72. The van der Waals surface area contributed by atoms with E-state index in [9.17, 15) is 9.90 Å². The number of benzene rings is 1. The SMILES string of the molecule is Cc1nc(-c2ccc(Cc3cc(C(=O)N4CCC(C)(O)CC4)nc4ccsc34)cc2)co1. The fourth-order valence-corrected chi connectivity index (χ4v) is 4.98. The number of aryl methyl sites for hydroxylation is 1. The van der Waals surface area contributed by atoms with E-state index in [2.05, 4.69) is 22.1 Å². The second kappa shape index (κ2) is 8.15. The highest BCUT2D eigenvalue weighted by Crippen LogP contribution is 2.29. The Morgan fingerprint density at radius 3 is 2.62 bits per heavy atom. The molecule has 0 radical (unpaired) electrons. The molecule has 1 fully saturated rings. The molecule has 0 atom stereocenters. The number of fused-ring (bicyclic) bond motifs is 1. The zero-order valence-corrected chi connectivity index (χ0v) is 19.0. The molecule has 3 aromatic heterocycles. The Balaban J connectivity index is 1.40. The van der Waals surface area contributed by atoms with Gasteiger partial charge >= 0.3 is 0 Å². The maximum atomic E-state index is 13.2. The largest absolute Gasteiger partial charge is 0.449 e. The summed E-state index contributed by atoms with van der Waals surface area (Å²) in [4.78, 5) is 24.0. The van der Waals surface area contributed by atoms with Crippen LogP contribution in [0.25, 0.3) is 21.5 Å². The molecule has 4 heterocycles. The van der Waals surface area contributed by atoms with E-state index in [1.807, 2.05) is 43.5 Å². The lowest BCUT2D eigenvalue weighted by atomic mass is 9.93. The lowest BCUT2D eigenvalue weighted by Gasteiger charge is -2.35. The van der Waals surface area contributed by atoms with Gasteiger partial charge in [-0.05, 0) is 54.8 Å². The minimum Gasteiger partial charge on any atom is -0.449 e. The first-order valence-corrected chi connectivity index (χ1v) is 11.7. The average Bonchev–Trinajstić information content (AvgIpc) is 3.43. The maximum absolute atomic E-state index is 13.2. The first-order chi connectivity index (χ1) is 15.4. The third kappa shape index (κ3) is 4.18. The van der Waals surface area contributed by atoms with Crippen LogP contribution in [0.3, 0.4) is 0 Å². The molecule has 32 heavy (non-hydrogen) atoms. The smallest absolute Gasteiger partial charge is 0.272 e. The highest BCUT2D eigenvalue weighted by Gasteiger charge is 2.30. The number of carbonyl (C=O) groups excluding carboxylic acids is 1. The minimum atomic E-state index is -0.691. The molecule has 164 valence electrons. The summed E-state index contributed by atoms with van der Waals surface area (Å²) < 4.78 is 6.43. The van der Waals surface area contributed by atoms with Gasteiger partial charge in [0.05, 0.1) is 15.8 Å². The van der Waals surface area contributed by atoms with Crippen molar-refractivity contribution in [3.05, 3.63) is 70.8 Å². The van der Waals surface area contributed by atoms with E-state index >= 15 is 0 Å². The van der Waals surface area contributed by atoms with Crippen LogP contribution >= 0.6 is 11.3 Å². The van der Waals surface area contributed by atoms with E-state index in [4.69, 9.17) is 4.42 Å². The van der Waals surface area contributed by atoms with Crippen molar-refractivity contribution in [2.24, 2.45) is 0 Å². The summed E-state index contributed by atoms with van der Waals surface area (Å²) in [5.41, 5.74) is 4.73. The Labute approximate surface area is 190 Å². The zero-order valence-electron chi connectivity index (χ0n) is 18.2.